The van der Waals surface area contributed by atoms with E-state index in [2.05, 4.69) is 0 Å². The molecule has 1 aliphatic heterocycles. The van der Waals surface area contributed by atoms with E-state index in [0.717, 1.165) is 22.3 Å². The molecule has 0 fully saturated rings. The second kappa shape index (κ2) is 5.44. The first-order valence-corrected chi connectivity index (χ1v) is 8.72. The number of halogens is 1. The van der Waals surface area contributed by atoms with Gasteiger partial charge in [-0.25, -0.2) is 8.42 Å². The summed E-state index contributed by atoms with van der Waals surface area (Å²) in [6.07, 6.45) is 0. The van der Waals surface area contributed by atoms with Crippen LogP contribution in [-0.4, -0.2) is 12.7 Å². The van der Waals surface area contributed by atoms with E-state index in [0.29, 0.717) is 23.9 Å². The molecule has 0 bridgehead atoms. The molecule has 0 aromatic heterocycles. The van der Waals surface area contributed by atoms with Crippen LogP contribution < -0.4 is 0 Å². The molecule has 2 aromatic carbocycles. The van der Waals surface area contributed by atoms with Crippen molar-refractivity contribution in [2.75, 3.05) is 0 Å². The Morgan fingerprint density at radius 3 is 2.29 bits per heavy atom. The number of nitrogens with zero attached hydrogens (tertiary/aromatic N) is 1. The fourth-order valence-corrected chi connectivity index (χ4v) is 4.45. The molecule has 1 aliphatic rings. The summed E-state index contributed by atoms with van der Waals surface area (Å²) in [5.41, 5.74) is 3.72. The summed E-state index contributed by atoms with van der Waals surface area (Å²) in [5, 5.41) is 0. The smallest absolute Gasteiger partial charge is 0.207 e. The lowest BCUT2D eigenvalue weighted by Gasteiger charge is -2.17. The Morgan fingerprint density at radius 1 is 1.10 bits per heavy atom. The third kappa shape index (κ3) is 2.59. The first-order valence-electron chi connectivity index (χ1n) is 6.75. The largest absolute Gasteiger partial charge is 0.243 e. The van der Waals surface area contributed by atoms with Crippen LogP contribution in [0.2, 0.25) is 0 Å². The standard InChI is InChI=1S/C16H16ClNO2S/c1-12-6-7-13(9-17)8-16(12)21(19,20)18-10-14-4-2-3-5-15(14)11-18/h2-8H,9-11H2,1H3. The predicted molar refractivity (Wildman–Crippen MR) is 83.6 cm³/mol. The Bertz CT molecular complexity index is 762. The minimum absolute atomic E-state index is 0.309. The summed E-state index contributed by atoms with van der Waals surface area (Å²) in [7, 11) is -3.49. The topological polar surface area (TPSA) is 37.4 Å². The molecule has 0 aliphatic carbocycles. The second-order valence-corrected chi connectivity index (χ2v) is 7.45. The molecule has 3 rings (SSSR count). The van der Waals surface area contributed by atoms with Gasteiger partial charge in [0.05, 0.1) is 4.90 Å². The van der Waals surface area contributed by atoms with Crippen LogP contribution in [0.3, 0.4) is 0 Å². The maximum absolute atomic E-state index is 12.9. The number of aryl methyl sites for hydroxylation is 1. The third-order valence-corrected chi connectivity index (χ3v) is 6.08. The van der Waals surface area contributed by atoms with E-state index in [4.69, 9.17) is 11.6 Å². The van der Waals surface area contributed by atoms with Crippen LogP contribution in [0.1, 0.15) is 22.3 Å². The van der Waals surface area contributed by atoms with Crippen molar-refractivity contribution in [1.82, 2.24) is 4.31 Å². The molecule has 3 nitrogen and oxygen atoms in total. The zero-order valence-corrected chi connectivity index (χ0v) is 13.3. The van der Waals surface area contributed by atoms with Gasteiger partial charge in [-0.2, -0.15) is 4.31 Å². The van der Waals surface area contributed by atoms with Crippen molar-refractivity contribution in [2.45, 2.75) is 30.8 Å². The van der Waals surface area contributed by atoms with Gasteiger partial charge in [0.1, 0.15) is 0 Å². The number of hydrogen-bond acceptors (Lipinski definition) is 2. The monoisotopic (exact) mass is 321 g/mol. The van der Waals surface area contributed by atoms with Crippen molar-refractivity contribution in [2.24, 2.45) is 0 Å². The highest BCUT2D eigenvalue weighted by atomic mass is 35.5. The first kappa shape index (κ1) is 14.6. The number of alkyl halides is 1. The minimum Gasteiger partial charge on any atom is -0.207 e. The lowest BCUT2D eigenvalue weighted by molar-refractivity contribution is 0.431. The molecule has 21 heavy (non-hydrogen) atoms. The van der Waals surface area contributed by atoms with Crippen LogP contribution >= 0.6 is 11.6 Å². The molecule has 0 unspecified atom stereocenters. The van der Waals surface area contributed by atoms with Gasteiger partial charge in [-0.15, -0.1) is 11.6 Å². The van der Waals surface area contributed by atoms with Crippen LogP contribution in [-0.2, 0) is 29.0 Å². The molecule has 5 heteroatoms. The highest BCUT2D eigenvalue weighted by Gasteiger charge is 2.31. The normalized spacial score (nSPS) is 15.1. The van der Waals surface area contributed by atoms with Crippen LogP contribution in [0.25, 0.3) is 0 Å². The molecule has 2 aromatic rings. The number of sulfonamides is 1. The average molecular weight is 322 g/mol. The van der Waals surface area contributed by atoms with Gasteiger partial charge in [0.25, 0.3) is 0 Å². The molecule has 1 heterocycles. The third-order valence-electron chi connectivity index (χ3n) is 3.84. The predicted octanol–water partition coefficient (Wildman–Crippen LogP) is 3.44. The molecule has 0 amide bonds. The molecular formula is C16H16ClNO2S. The number of benzene rings is 2. The van der Waals surface area contributed by atoms with Gasteiger partial charge in [0, 0.05) is 19.0 Å². The highest BCUT2D eigenvalue weighted by molar-refractivity contribution is 7.89. The van der Waals surface area contributed by atoms with Crippen molar-refractivity contribution in [3.05, 3.63) is 64.7 Å². The average Bonchev–Trinajstić information content (AvgIpc) is 2.92. The van der Waals surface area contributed by atoms with Gasteiger partial charge < -0.3 is 0 Å². The van der Waals surface area contributed by atoms with E-state index in [1.54, 1.807) is 6.07 Å². The second-order valence-electron chi connectivity index (χ2n) is 5.28. The Kier molecular flexibility index (Phi) is 3.78. The fourth-order valence-electron chi connectivity index (χ4n) is 2.62. The van der Waals surface area contributed by atoms with Crippen LogP contribution in [0, 0.1) is 6.92 Å². The maximum Gasteiger partial charge on any atom is 0.243 e. The van der Waals surface area contributed by atoms with Crippen molar-refractivity contribution in [3.8, 4) is 0 Å². The van der Waals surface area contributed by atoms with Crippen LogP contribution in [0.15, 0.2) is 47.4 Å². The molecule has 0 saturated heterocycles. The Morgan fingerprint density at radius 2 is 1.71 bits per heavy atom. The summed E-state index contributed by atoms with van der Waals surface area (Å²) >= 11 is 5.83. The Balaban J connectivity index is 2.00. The molecule has 0 spiro atoms. The minimum atomic E-state index is -3.49. The van der Waals surface area contributed by atoms with Crippen molar-refractivity contribution >= 4 is 21.6 Å². The Hall–Kier alpha value is -1.36. The van der Waals surface area contributed by atoms with Gasteiger partial charge in [-0.3, -0.25) is 0 Å². The molecular weight excluding hydrogens is 306 g/mol. The van der Waals surface area contributed by atoms with E-state index >= 15 is 0 Å². The first-order chi connectivity index (χ1) is 10.0. The zero-order chi connectivity index (χ0) is 15.0. The number of hydrogen-bond donors (Lipinski definition) is 0. The lowest BCUT2D eigenvalue weighted by Crippen LogP contribution is -2.26. The zero-order valence-electron chi connectivity index (χ0n) is 11.7. The number of rotatable bonds is 3. The molecule has 0 radical (unpaired) electrons. The van der Waals surface area contributed by atoms with E-state index in [1.165, 1.54) is 4.31 Å². The maximum atomic E-state index is 12.9. The van der Waals surface area contributed by atoms with Crippen molar-refractivity contribution < 1.29 is 8.42 Å². The summed E-state index contributed by atoms with van der Waals surface area (Å²) in [6.45, 7) is 2.68. The molecule has 0 N–H and O–H groups in total. The van der Waals surface area contributed by atoms with Gasteiger partial charge >= 0.3 is 0 Å². The van der Waals surface area contributed by atoms with Gasteiger partial charge in [-0.1, -0.05) is 36.4 Å². The van der Waals surface area contributed by atoms with E-state index in [9.17, 15) is 8.42 Å². The van der Waals surface area contributed by atoms with Gasteiger partial charge in [0.2, 0.25) is 10.0 Å². The quantitative estimate of drug-likeness (QED) is 0.812. The summed E-state index contributed by atoms with van der Waals surface area (Å²) in [4.78, 5) is 0.355. The summed E-state index contributed by atoms with van der Waals surface area (Å²) in [5.74, 6) is 0.309. The SMILES string of the molecule is Cc1ccc(CCl)cc1S(=O)(=O)N1Cc2ccccc2C1. The van der Waals surface area contributed by atoms with E-state index in [1.807, 2.05) is 43.3 Å². The summed E-state index contributed by atoms with van der Waals surface area (Å²) in [6, 6.07) is 13.2. The fraction of sp³-hybridized carbons (Fsp3) is 0.250. The van der Waals surface area contributed by atoms with Crippen LogP contribution in [0.4, 0.5) is 0 Å². The Labute approximate surface area is 130 Å². The molecule has 110 valence electrons. The van der Waals surface area contributed by atoms with Crippen LogP contribution in [0.5, 0.6) is 0 Å². The molecule has 0 atom stereocenters. The van der Waals surface area contributed by atoms with E-state index in [-0.39, 0.29) is 0 Å². The van der Waals surface area contributed by atoms with Crippen molar-refractivity contribution in [1.29, 1.82) is 0 Å². The number of fused-ring (bicyclic) bond motifs is 1. The summed E-state index contributed by atoms with van der Waals surface area (Å²) < 4.78 is 27.3. The van der Waals surface area contributed by atoms with Gasteiger partial charge in [-0.05, 0) is 35.2 Å². The molecule has 0 saturated carbocycles. The van der Waals surface area contributed by atoms with Crippen molar-refractivity contribution in [3.63, 3.8) is 0 Å². The van der Waals surface area contributed by atoms with Gasteiger partial charge in [0.15, 0.2) is 0 Å². The highest BCUT2D eigenvalue weighted by Crippen LogP contribution is 2.30. The van der Waals surface area contributed by atoms with E-state index < -0.39 is 10.0 Å². The lowest BCUT2D eigenvalue weighted by atomic mass is 10.1.